The number of nitrogens with one attached hydrogen (secondary N) is 2. The second-order valence-electron chi connectivity index (χ2n) is 7.20. The molecule has 1 aliphatic rings. The zero-order chi connectivity index (χ0) is 22.4. The first kappa shape index (κ1) is 22.5. The molecule has 0 spiro atoms. The monoisotopic (exact) mass is 443 g/mol. The number of carbonyl (C=O) groups excluding carboxylic acids is 3. The van der Waals surface area contributed by atoms with E-state index in [1.54, 1.807) is 38.3 Å². The van der Waals surface area contributed by atoms with Gasteiger partial charge in [0.15, 0.2) is 0 Å². The summed E-state index contributed by atoms with van der Waals surface area (Å²) in [4.78, 5) is 38.1. The maximum atomic E-state index is 12.5. The van der Waals surface area contributed by atoms with Crippen LogP contribution in [0.25, 0.3) is 0 Å². The number of hydrogen-bond acceptors (Lipinski definition) is 7. The molecule has 2 N–H and O–H groups in total. The fourth-order valence-electron chi connectivity index (χ4n) is 3.32. The number of rotatable bonds is 6. The van der Waals surface area contributed by atoms with E-state index in [9.17, 15) is 14.4 Å². The van der Waals surface area contributed by atoms with E-state index in [2.05, 4.69) is 22.8 Å². The second kappa shape index (κ2) is 10.2. The molecule has 0 aliphatic heterocycles. The van der Waals surface area contributed by atoms with Crippen LogP contribution in [0.3, 0.4) is 0 Å². The number of nitrogens with zero attached hydrogens (tertiary/aromatic N) is 1. The van der Waals surface area contributed by atoms with E-state index in [0.29, 0.717) is 22.2 Å². The van der Waals surface area contributed by atoms with Crippen molar-refractivity contribution in [2.24, 2.45) is 11.0 Å². The highest BCUT2D eigenvalue weighted by atomic mass is 32.1. The molecule has 1 aromatic carbocycles. The summed E-state index contributed by atoms with van der Waals surface area (Å²) in [7, 11) is 1.57. The molecule has 0 bridgehead atoms. The number of amides is 2. The highest BCUT2D eigenvalue weighted by molar-refractivity contribution is 7.17. The number of hydrazone groups is 1. The Balaban J connectivity index is 1.69. The van der Waals surface area contributed by atoms with Crippen molar-refractivity contribution in [3.8, 4) is 5.75 Å². The number of hydrogen-bond donors (Lipinski definition) is 2. The smallest absolute Gasteiger partial charge is 0.341 e. The molecule has 0 radical (unpaired) electrons. The highest BCUT2D eigenvalue weighted by Gasteiger charge is 2.30. The van der Waals surface area contributed by atoms with Crippen LogP contribution in [0.4, 0.5) is 5.00 Å². The van der Waals surface area contributed by atoms with Gasteiger partial charge in [0.05, 0.1) is 25.5 Å². The van der Waals surface area contributed by atoms with Gasteiger partial charge in [-0.3, -0.25) is 9.59 Å². The van der Waals surface area contributed by atoms with Crippen LogP contribution in [0.15, 0.2) is 29.4 Å². The number of ether oxygens (including phenoxy) is 2. The predicted octanol–water partition coefficient (Wildman–Crippen LogP) is 3.15. The van der Waals surface area contributed by atoms with Gasteiger partial charge < -0.3 is 14.8 Å². The predicted molar refractivity (Wildman–Crippen MR) is 119 cm³/mol. The van der Waals surface area contributed by atoms with E-state index in [1.807, 2.05) is 0 Å². The molecule has 3 rings (SSSR count). The number of methoxy groups -OCH3 is 1. The molecule has 1 aliphatic carbocycles. The van der Waals surface area contributed by atoms with Gasteiger partial charge in [-0.15, -0.1) is 11.3 Å². The van der Waals surface area contributed by atoms with Crippen LogP contribution in [0, 0.1) is 5.92 Å². The Morgan fingerprint density at radius 3 is 2.65 bits per heavy atom. The van der Waals surface area contributed by atoms with Crippen molar-refractivity contribution in [1.82, 2.24) is 5.43 Å². The molecule has 2 aromatic rings. The van der Waals surface area contributed by atoms with Crippen molar-refractivity contribution in [2.45, 2.75) is 33.1 Å². The fraction of sp³-hybridized carbons (Fsp3) is 0.364. The first-order chi connectivity index (χ1) is 14.9. The van der Waals surface area contributed by atoms with Crippen LogP contribution in [-0.4, -0.2) is 37.7 Å². The molecule has 31 heavy (non-hydrogen) atoms. The number of carbonyl (C=O) groups is 3. The Hall–Kier alpha value is -3.20. The Bertz CT molecular complexity index is 997. The summed E-state index contributed by atoms with van der Waals surface area (Å²) >= 11 is 1.33. The lowest BCUT2D eigenvalue weighted by atomic mass is 9.88. The van der Waals surface area contributed by atoms with Crippen molar-refractivity contribution in [3.63, 3.8) is 0 Å². The average Bonchev–Trinajstić information content (AvgIpc) is 3.11. The van der Waals surface area contributed by atoms with E-state index in [1.165, 1.54) is 17.6 Å². The Morgan fingerprint density at radius 2 is 1.97 bits per heavy atom. The van der Waals surface area contributed by atoms with Gasteiger partial charge in [0.2, 0.25) is 0 Å². The minimum Gasteiger partial charge on any atom is -0.497 e. The summed E-state index contributed by atoms with van der Waals surface area (Å²) in [5.41, 5.74) is 4.20. The number of fused-ring (bicyclic) bond motifs is 1. The average molecular weight is 444 g/mol. The maximum Gasteiger partial charge on any atom is 0.341 e. The zero-order valence-corrected chi connectivity index (χ0v) is 18.5. The third-order valence-corrected chi connectivity index (χ3v) is 6.09. The number of esters is 1. The van der Waals surface area contributed by atoms with Crippen LogP contribution < -0.4 is 15.5 Å². The van der Waals surface area contributed by atoms with E-state index >= 15 is 0 Å². The lowest BCUT2D eigenvalue weighted by Gasteiger charge is -2.18. The molecule has 1 heterocycles. The van der Waals surface area contributed by atoms with Crippen molar-refractivity contribution in [1.29, 1.82) is 0 Å². The molecular weight excluding hydrogens is 418 g/mol. The van der Waals surface area contributed by atoms with E-state index in [0.717, 1.165) is 35.3 Å². The largest absolute Gasteiger partial charge is 0.497 e. The molecule has 0 saturated heterocycles. The minimum absolute atomic E-state index is 0.230. The highest BCUT2D eigenvalue weighted by Crippen LogP contribution is 2.40. The van der Waals surface area contributed by atoms with Crippen LogP contribution in [0.2, 0.25) is 0 Å². The summed E-state index contributed by atoms with van der Waals surface area (Å²) in [6, 6.07) is 7.03. The number of benzene rings is 1. The van der Waals surface area contributed by atoms with Gasteiger partial charge >= 0.3 is 17.8 Å². The third kappa shape index (κ3) is 5.49. The standard InChI is InChI=1S/C22H25N3O5S/c1-4-30-22(28)18-16-10-5-13(2)11-17(16)31-21(18)24-19(26)20(27)25-23-12-14-6-8-15(29-3)9-7-14/h6-9,12-13H,4-5,10-11H2,1-3H3,(H,24,26)(H,25,27)/b23-12+. The Labute approximate surface area is 184 Å². The molecule has 1 aromatic heterocycles. The minimum atomic E-state index is -0.931. The van der Waals surface area contributed by atoms with E-state index in [-0.39, 0.29) is 6.61 Å². The van der Waals surface area contributed by atoms with E-state index in [4.69, 9.17) is 9.47 Å². The Morgan fingerprint density at radius 1 is 1.23 bits per heavy atom. The van der Waals surface area contributed by atoms with Crippen molar-refractivity contribution >= 4 is 40.3 Å². The summed E-state index contributed by atoms with van der Waals surface area (Å²) < 4.78 is 10.3. The van der Waals surface area contributed by atoms with E-state index < -0.39 is 17.8 Å². The summed E-state index contributed by atoms with van der Waals surface area (Å²) in [5.74, 6) is -1.11. The molecule has 1 atom stereocenters. The van der Waals surface area contributed by atoms with Crippen molar-refractivity contribution in [3.05, 3.63) is 45.8 Å². The van der Waals surface area contributed by atoms with Gasteiger partial charge in [0.25, 0.3) is 0 Å². The van der Waals surface area contributed by atoms with Gasteiger partial charge in [0.1, 0.15) is 10.8 Å². The van der Waals surface area contributed by atoms with Gasteiger partial charge in [-0.05, 0) is 67.5 Å². The summed E-state index contributed by atoms with van der Waals surface area (Å²) in [6.45, 7) is 4.11. The second-order valence-corrected chi connectivity index (χ2v) is 8.31. The van der Waals surface area contributed by atoms with Gasteiger partial charge in [-0.25, -0.2) is 10.2 Å². The van der Waals surface area contributed by atoms with Crippen LogP contribution in [0.5, 0.6) is 5.75 Å². The van der Waals surface area contributed by atoms with Gasteiger partial charge in [0, 0.05) is 4.88 Å². The number of anilines is 1. The zero-order valence-electron chi connectivity index (χ0n) is 17.7. The fourth-order valence-corrected chi connectivity index (χ4v) is 4.72. The molecule has 2 amide bonds. The van der Waals surface area contributed by atoms with Gasteiger partial charge in [-0.1, -0.05) is 6.92 Å². The lowest BCUT2D eigenvalue weighted by molar-refractivity contribution is -0.136. The molecule has 164 valence electrons. The summed E-state index contributed by atoms with van der Waals surface area (Å²) in [5, 5.41) is 6.71. The summed E-state index contributed by atoms with van der Waals surface area (Å²) in [6.07, 6.45) is 3.96. The molecule has 8 nitrogen and oxygen atoms in total. The van der Waals surface area contributed by atoms with Crippen LogP contribution in [-0.2, 0) is 27.2 Å². The van der Waals surface area contributed by atoms with Crippen LogP contribution in [0.1, 0.15) is 46.6 Å². The lowest BCUT2D eigenvalue weighted by Crippen LogP contribution is -2.32. The third-order valence-electron chi connectivity index (χ3n) is 4.92. The first-order valence-electron chi connectivity index (χ1n) is 10.0. The molecule has 0 fully saturated rings. The molecule has 9 heteroatoms. The quantitative estimate of drug-likeness (QED) is 0.309. The van der Waals surface area contributed by atoms with Gasteiger partial charge in [-0.2, -0.15) is 5.10 Å². The SMILES string of the molecule is CCOC(=O)c1c(NC(=O)C(=O)N/N=C/c2ccc(OC)cc2)sc2c1CCC(C)C2. The maximum absolute atomic E-state index is 12.5. The molecule has 0 saturated carbocycles. The first-order valence-corrected chi connectivity index (χ1v) is 10.8. The topological polar surface area (TPSA) is 106 Å². The molecule has 1 unspecified atom stereocenters. The van der Waals surface area contributed by atoms with Crippen molar-refractivity contribution in [2.75, 3.05) is 19.0 Å². The Kier molecular flexibility index (Phi) is 7.41. The number of thiophene rings is 1. The molecular formula is C22H25N3O5S. The van der Waals surface area contributed by atoms with Crippen LogP contribution >= 0.6 is 11.3 Å². The van der Waals surface area contributed by atoms with Crippen molar-refractivity contribution < 1.29 is 23.9 Å². The normalized spacial score (nSPS) is 15.3.